The summed E-state index contributed by atoms with van der Waals surface area (Å²) in [7, 11) is 0. The normalized spacial score (nSPS) is 10.6. The molecule has 0 atom stereocenters. The Morgan fingerprint density at radius 3 is 2.85 bits per heavy atom. The van der Waals surface area contributed by atoms with Gasteiger partial charge >= 0.3 is 0 Å². The van der Waals surface area contributed by atoms with Crippen LogP contribution in [0, 0.1) is 0 Å². The van der Waals surface area contributed by atoms with Gasteiger partial charge in [-0.25, -0.2) is 4.98 Å². The van der Waals surface area contributed by atoms with Crippen LogP contribution in [0.2, 0.25) is 0 Å². The minimum atomic E-state index is 0.0101. The van der Waals surface area contributed by atoms with E-state index >= 15 is 0 Å². The number of rotatable bonds is 4. The van der Waals surface area contributed by atoms with Crippen molar-refractivity contribution in [2.24, 2.45) is 0 Å². The fraction of sp³-hybridized carbons (Fsp3) is 0.125. The Morgan fingerprint density at radius 1 is 1.15 bits per heavy atom. The molecular weight excluding hydrogens is 250 g/mol. The van der Waals surface area contributed by atoms with Crippen molar-refractivity contribution in [2.45, 2.75) is 13.0 Å². The van der Waals surface area contributed by atoms with Gasteiger partial charge in [-0.2, -0.15) is 0 Å². The number of hydrogen-bond acceptors (Lipinski definition) is 2. The Kier molecular flexibility index (Phi) is 3.46. The maximum Gasteiger partial charge on any atom is 0.224 e. The molecule has 1 amide bonds. The summed E-state index contributed by atoms with van der Waals surface area (Å²) in [6.45, 7) is 0.476. The summed E-state index contributed by atoms with van der Waals surface area (Å²) in [5.41, 5.74) is 1.95. The van der Waals surface area contributed by atoms with Crippen LogP contribution >= 0.6 is 0 Å². The monoisotopic (exact) mass is 265 g/mol. The lowest BCUT2D eigenvalue weighted by molar-refractivity contribution is -0.120. The number of carbonyl (C=O) groups is 1. The number of aromatic nitrogens is 2. The van der Waals surface area contributed by atoms with Crippen molar-refractivity contribution < 1.29 is 4.79 Å². The van der Waals surface area contributed by atoms with Crippen molar-refractivity contribution in [1.82, 2.24) is 15.3 Å². The van der Waals surface area contributed by atoms with Crippen molar-refractivity contribution in [1.29, 1.82) is 0 Å². The lowest BCUT2D eigenvalue weighted by atomic mass is 10.0. The number of nitrogens with zero attached hydrogens (tertiary/aromatic N) is 1. The van der Waals surface area contributed by atoms with E-state index in [0.717, 1.165) is 22.0 Å². The fourth-order valence-corrected chi connectivity index (χ4v) is 2.26. The molecule has 0 radical (unpaired) electrons. The Morgan fingerprint density at radius 2 is 2.00 bits per heavy atom. The molecule has 2 N–H and O–H groups in total. The molecule has 2 aromatic carbocycles. The maximum atomic E-state index is 12.0. The molecule has 0 bridgehead atoms. The van der Waals surface area contributed by atoms with E-state index in [1.165, 1.54) is 0 Å². The highest BCUT2D eigenvalue weighted by Crippen LogP contribution is 2.18. The SMILES string of the molecule is O=C(Cc1cccc2ccccc12)NCc1cnc[nH]1. The molecule has 1 aromatic heterocycles. The second-order valence-corrected chi connectivity index (χ2v) is 4.67. The van der Waals surface area contributed by atoms with Crippen molar-refractivity contribution in [2.75, 3.05) is 0 Å². The lowest BCUT2D eigenvalue weighted by Gasteiger charge is -2.07. The van der Waals surface area contributed by atoms with Crippen molar-refractivity contribution >= 4 is 16.7 Å². The highest BCUT2D eigenvalue weighted by molar-refractivity contribution is 5.90. The molecule has 0 aliphatic heterocycles. The van der Waals surface area contributed by atoms with Crippen molar-refractivity contribution in [3.05, 3.63) is 66.2 Å². The topological polar surface area (TPSA) is 57.8 Å². The first-order valence-corrected chi connectivity index (χ1v) is 6.53. The van der Waals surface area contributed by atoms with Gasteiger partial charge in [-0.3, -0.25) is 4.79 Å². The Hall–Kier alpha value is -2.62. The number of benzene rings is 2. The molecule has 4 nitrogen and oxygen atoms in total. The second-order valence-electron chi connectivity index (χ2n) is 4.67. The molecule has 4 heteroatoms. The Bertz CT molecular complexity index is 714. The zero-order chi connectivity index (χ0) is 13.8. The first-order chi connectivity index (χ1) is 9.83. The van der Waals surface area contributed by atoms with E-state index in [1.807, 2.05) is 30.3 Å². The van der Waals surface area contributed by atoms with E-state index in [-0.39, 0.29) is 5.91 Å². The van der Waals surface area contributed by atoms with Gasteiger partial charge in [0.15, 0.2) is 0 Å². The van der Waals surface area contributed by atoms with Gasteiger partial charge in [0.25, 0.3) is 0 Å². The van der Waals surface area contributed by atoms with E-state index in [0.29, 0.717) is 13.0 Å². The highest BCUT2D eigenvalue weighted by atomic mass is 16.1. The largest absolute Gasteiger partial charge is 0.350 e. The molecule has 0 saturated carbocycles. The summed E-state index contributed by atoms with van der Waals surface area (Å²) in [6.07, 6.45) is 3.69. The Balaban J connectivity index is 1.71. The van der Waals surface area contributed by atoms with Crippen LogP contribution in [-0.2, 0) is 17.8 Å². The van der Waals surface area contributed by atoms with Crippen molar-refractivity contribution in [3.63, 3.8) is 0 Å². The third-order valence-corrected chi connectivity index (χ3v) is 3.26. The fourth-order valence-electron chi connectivity index (χ4n) is 2.26. The van der Waals surface area contributed by atoms with Gasteiger partial charge in [0.05, 0.1) is 25.0 Å². The first kappa shape index (κ1) is 12.4. The third kappa shape index (κ3) is 2.69. The molecule has 0 aliphatic carbocycles. The van der Waals surface area contributed by atoms with Gasteiger partial charge in [-0.05, 0) is 16.3 Å². The highest BCUT2D eigenvalue weighted by Gasteiger charge is 2.06. The second kappa shape index (κ2) is 5.57. The van der Waals surface area contributed by atoms with E-state index in [1.54, 1.807) is 12.5 Å². The summed E-state index contributed by atoms with van der Waals surface area (Å²) < 4.78 is 0. The molecule has 0 aliphatic rings. The number of nitrogens with one attached hydrogen (secondary N) is 2. The van der Waals surface area contributed by atoms with Crippen LogP contribution in [-0.4, -0.2) is 15.9 Å². The number of fused-ring (bicyclic) bond motifs is 1. The molecule has 100 valence electrons. The molecule has 0 fully saturated rings. The molecule has 3 rings (SSSR count). The van der Waals surface area contributed by atoms with E-state index < -0.39 is 0 Å². The number of carbonyl (C=O) groups excluding carboxylic acids is 1. The number of hydrogen-bond donors (Lipinski definition) is 2. The van der Waals surface area contributed by atoms with Gasteiger partial charge in [0.2, 0.25) is 5.91 Å². The minimum absolute atomic E-state index is 0.0101. The van der Waals surface area contributed by atoms with Gasteiger partial charge < -0.3 is 10.3 Å². The Labute approximate surface area is 116 Å². The smallest absolute Gasteiger partial charge is 0.224 e. The summed E-state index contributed by atoms with van der Waals surface area (Å²) in [5.74, 6) is 0.0101. The number of imidazole rings is 1. The predicted octanol–water partition coefficient (Wildman–Crippen LogP) is 2.42. The molecule has 0 unspecified atom stereocenters. The number of aromatic amines is 1. The number of amides is 1. The first-order valence-electron chi connectivity index (χ1n) is 6.53. The van der Waals surface area contributed by atoms with Crippen LogP contribution < -0.4 is 5.32 Å². The average Bonchev–Trinajstić information content (AvgIpc) is 2.99. The van der Waals surface area contributed by atoms with Crippen LogP contribution in [0.4, 0.5) is 0 Å². The molecule has 1 heterocycles. The van der Waals surface area contributed by atoms with Crippen LogP contribution in [0.25, 0.3) is 10.8 Å². The molecule has 3 aromatic rings. The van der Waals surface area contributed by atoms with Gasteiger partial charge in [0.1, 0.15) is 0 Å². The standard InChI is InChI=1S/C16H15N3O/c20-16(18-10-14-9-17-11-19-14)8-13-6-3-5-12-4-1-2-7-15(12)13/h1-7,9,11H,8,10H2,(H,17,19)(H,18,20). The molecule has 0 spiro atoms. The quantitative estimate of drug-likeness (QED) is 0.761. The zero-order valence-corrected chi connectivity index (χ0v) is 11.0. The van der Waals surface area contributed by atoms with E-state index in [4.69, 9.17) is 0 Å². The summed E-state index contributed by atoms with van der Waals surface area (Å²) in [4.78, 5) is 18.9. The zero-order valence-electron chi connectivity index (χ0n) is 11.0. The predicted molar refractivity (Wildman–Crippen MR) is 78.1 cm³/mol. The number of H-pyrrole nitrogens is 1. The van der Waals surface area contributed by atoms with Crippen LogP contribution in [0.1, 0.15) is 11.3 Å². The van der Waals surface area contributed by atoms with E-state index in [9.17, 15) is 4.79 Å². The maximum absolute atomic E-state index is 12.0. The summed E-state index contributed by atoms with van der Waals surface area (Å²) in [5, 5.41) is 5.18. The average molecular weight is 265 g/mol. The summed E-state index contributed by atoms with van der Waals surface area (Å²) in [6, 6.07) is 14.1. The third-order valence-electron chi connectivity index (χ3n) is 3.26. The van der Waals surface area contributed by atoms with Gasteiger partial charge in [0, 0.05) is 6.20 Å². The van der Waals surface area contributed by atoms with Gasteiger partial charge in [-0.15, -0.1) is 0 Å². The minimum Gasteiger partial charge on any atom is -0.350 e. The molecular formula is C16H15N3O. The summed E-state index contributed by atoms with van der Waals surface area (Å²) >= 11 is 0. The van der Waals surface area contributed by atoms with Crippen LogP contribution in [0.3, 0.4) is 0 Å². The van der Waals surface area contributed by atoms with Crippen LogP contribution in [0.5, 0.6) is 0 Å². The molecule has 0 saturated heterocycles. The van der Waals surface area contributed by atoms with Crippen LogP contribution in [0.15, 0.2) is 55.0 Å². The lowest BCUT2D eigenvalue weighted by Crippen LogP contribution is -2.24. The molecule has 20 heavy (non-hydrogen) atoms. The van der Waals surface area contributed by atoms with Gasteiger partial charge in [-0.1, -0.05) is 42.5 Å². The van der Waals surface area contributed by atoms with Crippen molar-refractivity contribution in [3.8, 4) is 0 Å². The van der Waals surface area contributed by atoms with E-state index in [2.05, 4.69) is 27.4 Å².